The van der Waals surface area contributed by atoms with E-state index >= 15 is 0 Å². The van der Waals surface area contributed by atoms with Crippen LogP contribution in [0.25, 0.3) is 0 Å². The fourth-order valence-electron chi connectivity index (χ4n) is 4.20. The Bertz CT molecular complexity index is 968. The van der Waals surface area contributed by atoms with E-state index < -0.39 is 5.54 Å². The van der Waals surface area contributed by atoms with Crippen LogP contribution < -0.4 is 9.47 Å². The Labute approximate surface area is 190 Å². The summed E-state index contributed by atoms with van der Waals surface area (Å²) in [6, 6.07) is 26.4. The lowest BCUT2D eigenvalue weighted by atomic mass is 9.75. The topological polar surface area (TPSA) is 69.4 Å². The Morgan fingerprint density at radius 3 is 1.69 bits per heavy atom. The number of hydrogen-bond acceptors (Lipinski definition) is 4. The molecule has 0 saturated heterocycles. The summed E-state index contributed by atoms with van der Waals surface area (Å²) >= 11 is 0. The van der Waals surface area contributed by atoms with E-state index in [1.807, 2.05) is 49.4 Å². The first-order valence-corrected chi connectivity index (χ1v) is 10.8. The van der Waals surface area contributed by atoms with Crippen LogP contribution in [-0.2, 0) is 5.54 Å². The summed E-state index contributed by atoms with van der Waals surface area (Å²) in [6.07, 6.45) is 2.54. The highest BCUT2D eigenvalue weighted by Crippen LogP contribution is 2.44. The molecule has 32 heavy (non-hydrogen) atoms. The van der Waals surface area contributed by atoms with E-state index in [9.17, 15) is 0 Å². The second-order valence-corrected chi connectivity index (χ2v) is 7.48. The smallest absolute Gasteiger partial charge is 0.118 e. The third-order valence-corrected chi connectivity index (χ3v) is 5.77. The molecule has 0 aliphatic rings. The highest BCUT2D eigenvalue weighted by Gasteiger charge is 2.43. The summed E-state index contributed by atoms with van der Waals surface area (Å²) < 4.78 is 10.8. The number of ether oxygens (including phenoxy) is 2. The van der Waals surface area contributed by atoms with Crippen LogP contribution >= 0.6 is 0 Å². The van der Waals surface area contributed by atoms with E-state index in [4.69, 9.17) is 20.3 Å². The maximum absolute atomic E-state index is 8.93. The second-order valence-electron chi connectivity index (χ2n) is 7.48. The van der Waals surface area contributed by atoms with Gasteiger partial charge >= 0.3 is 0 Å². The van der Waals surface area contributed by atoms with Crippen molar-refractivity contribution in [3.8, 4) is 11.5 Å². The van der Waals surface area contributed by atoms with E-state index in [-0.39, 0.29) is 0 Å². The minimum absolute atomic E-state index is 0.516. The molecule has 0 atom stereocenters. The summed E-state index contributed by atoms with van der Waals surface area (Å²) in [5, 5.41) is 16.6. The van der Waals surface area contributed by atoms with Gasteiger partial charge in [-0.25, -0.2) is 0 Å². The molecule has 5 nitrogen and oxygen atoms in total. The molecule has 0 amide bonds. The van der Waals surface area contributed by atoms with E-state index in [1.165, 1.54) is 6.21 Å². The molecule has 5 heteroatoms. The molecule has 0 aliphatic carbocycles. The number of rotatable bonds is 10. The Balaban J connectivity index is 2.39. The maximum Gasteiger partial charge on any atom is 0.118 e. The molecule has 0 saturated carbocycles. The van der Waals surface area contributed by atoms with Gasteiger partial charge in [0.15, 0.2) is 0 Å². The van der Waals surface area contributed by atoms with Crippen LogP contribution in [0.1, 0.15) is 36.5 Å². The third kappa shape index (κ3) is 4.37. The van der Waals surface area contributed by atoms with Gasteiger partial charge in [-0.05, 0) is 53.6 Å². The molecule has 0 spiro atoms. The molecule has 0 unspecified atom stereocenters. The van der Waals surface area contributed by atoms with Gasteiger partial charge in [0.1, 0.15) is 17.0 Å². The molecule has 0 bridgehead atoms. The molecule has 0 fully saturated rings. The molecule has 0 aromatic heterocycles. The summed E-state index contributed by atoms with van der Waals surface area (Å²) in [5.74, 6) is 2.08. The molecule has 3 aromatic rings. The summed E-state index contributed by atoms with van der Waals surface area (Å²) in [6.45, 7) is 2.54. The fraction of sp³-hybridized carbons (Fsp3) is 0.259. The molecular formula is C27H31N3O2. The third-order valence-electron chi connectivity index (χ3n) is 5.77. The SMILES string of the molecule is CCC(=N)N(CCC=N)C(c1ccccc1)(c1ccc(OC)cc1)c1ccc(OC)cc1. The van der Waals surface area contributed by atoms with Gasteiger partial charge in [0.05, 0.1) is 20.1 Å². The first kappa shape index (κ1) is 23.1. The summed E-state index contributed by atoms with van der Waals surface area (Å²) in [5.41, 5.74) is 2.35. The minimum atomic E-state index is -0.754. The largest absolute Gasteiger partial charge is 0.497 e. The van der Waals surface area contributed by atoms with Gasteiger partial charge < -0.3 is 19.8 Å². The van der Waals surface area contributed by atoms with Crippen molar-refractivity contribution in [1.29, 1.82) is 10.8 Å². The zero-order valence-corrected chi connectivity index (χ0v) is 19.0. The van der Waals surface area contributed by atoms with Crippen LogP contribution in [0.5, 0.6) is 11.5 Å². The van der Waals surface area contributed by atoms with Gasteiger partial charge in [0.25, 0.3) is 0 Å². The first-order valence-electron chi connectivity index (χ1n) is 10.8. The van der Waals surface area contributed by atoms with Crippen molar-refractivity contribution in [3.05, 3.63) is 95.6 Å². The zero-order chi connectivity index (χ0) is 23.0. The number of nitrogens with zero attached hydrogens (tertiary/aromatic N) is 1. The monoisotopic (exact) mass is 429 g/mol. The van der Waals surface area contributed by atoms with Gasteiger partial charge in [-0.1, -0.05) is 61.5 Å². The van der Waals surface area contributed by atoms with Crippen LogP contribution in [-0.4, -0.2) is 37.7 Å². The van der Waals surface area contributed by atoms with Crippen molar-refractivity contribution in [2.45, 2.75) is 25.3 Å². The number of amidine groups is 1. The quantitative estimate of drug-likeness (QED) is 0.246. The number of methoxy groups -OCH3 is 2. The number of hydrogen-bond donors (Lipinski definition) is 2. The van der Waals surface area contributed by atoms with E-state index in [2.05, 4.69) is 41.3 Å². The van der Waals surface area contributed by atoms with Gasteiger partial charge in [0.2, 0.25) is 0 Å². The van der Waals surface area contributed by atoms with Crippen molar-refractivity contribution in [1.82, 2.24) is 4.90 Å². The van der Waals surface area contributed by atoms with Crippen LogP contribution in [0.4, 0.5) is 0 Å². The average molecular weight is 430 g/mol. The van der Waals surface area contributed by atoms with Crippen LogP contribution in [0, 0.1) is 10.8 Å². The lowest BCUT2D eigenvalue weighted by molar-refractivity contribution is 0.265. The van der Waals surface area contributed by atoms with Gasteiger partial charge in [0, 0.05) is 13.0 Å². The Kier molecular flexibility index (Phi) is 7.66. The lowest BCUT2D eigenvalue weighted by Gasteiger charge is -2.47. The summed E-state index contributed by atoms with van der Waals surface area (Å²) in [7, 11) is 3.32. The maximum atomic E-state index is 8.93. The van der Waals surface area contributed by atoms with Gasteiger partial charge in [-0.15, -0.1) is 0 Å². The number of nitrogens with one attached hydrogen (secondary N) is 2. The highest BCUT2D eigenvalue weighted by atomic mass is 16.5. The average Bonchev–Trinajstić information content (AvgIpc) is 2.87. The van der Waals surface area contributed by atoms with Crippen molar-refractivity contribution < 1.29 is 9.47 Å². The normalized spacial score (nSPS) is 11.0. The molecule has 0 aliphatic heterocycles. The van der Waals surface area contributed by atoms with E-state index in [0.29, 0.717) is 25.2 Å². The molecule has 166 valence electrons. The molecule has 2 N–H and O–H groups in total. The van der Waals surface area contributed by atoms with Crippen molar-refractivity contribution >= 4 is 12.1 Å². The highest BCUT2D eigenvalue weighted by molar-refractivity contribution is 5.82. The zero-order valence-electron chi connectivity index (χ0n) is 19.0. The van der Waals surface area contributed by atoms with Crippen LogP contribution in [0.2, 0.25) is 0 Å². The van der Waals surface area contributed by atoms with Crippen molar-refractivity contribution in [2.24, 2.45) is 0 Å². The molecule has 3 aromatic carbocycles. The first-order chi connectivity index (χ1) is 15.6. The Hall–Kier alpha value is -3.60. The molecular weight excluding hydrogens is 398 g/mol. The molecule has 0 heterocycles. The van der Waals surface area contributed by atoms with E-state index in [0.717, 1.165) is 28.2 Å². The molecule has 0 radical (unpaired) electrons. The fourth-order valence-corrected chi connectivity index (χ4v) is 4.20. The standard InChI is InChI=1S/C27H31N3O2/c1-4-26(29)30(20-8-19-28)27(21-9-6-5-7-10-21,22-11-15-24(31-2)16-12-22)23-13-17-25(32-3)18-14-23/h5-7,9-19,28-29H,4,8,20H2,1-3H3. The second kappa shape index (κ2) is 10.6. The van der Waals surface area contributed by atoms with Crippen LogP contribution in [0.15, 0.2) is 78.9 Å². The molecule has 3 rings (SSSR count). The van der Waals surface area contributed by atoms with Crippen molar-refractivity contribution in [2.75, 3.05) is 20.8 Å². The number of benzene rings is 3. The Morgan fingerprint density at radius 2 is 1.28 bits per heavy atom. The van der Waals surface area contributed by atoms with Crippen molar-refractivity contribution in [3.63, 3.8) is 0 Å². The lowest BCUT2D eigenvalue weighted by Crippen LogP contribution is -2.51. The van der Waals surface area contributed by atoms with Gasteiger partial charge in [-0.2, -0.15) is 0 Å². The van der Waals surface area contributed by atoms with Crippen LogP contribution in [0.3, 0.4) is 0 Å². The Morgan fingerprint density at radius 1 is 0.812 bits per heavy atom. The van der Waals surface area contributed by atoms with E-state index in [1.54, 1.807) is 14.2 Å². The summed E-state index contributed by atoms with van der Waals surface area (Å²) in [4.78, 5) is 2.12. The predicted octanol–water partition coefficient (Wildman–Crippen LogP) is 5.72. The van der Waals surface area contributed by atoms with Gasteiger partial charge in [-0.3, -0.25) is 5.41 Å². The predicted molar refractivity (Wildman–Crippen MR) is 130 cm³/mol. The minimum Gasteiger partial charge on any atom is -0.497 e.